The first-order valence-corrected chi connectivity index (χ1v) is 5.06. The number of nitrogens with zero attached hydrogens (tertiary/aromatic N) is 2. The van der Waals surface area contributed by atoms with Gasteiger partial charge in [0, 0.05) is 13.6 Å². The number of primary amides is 1. The van der Waals surface area contributed by atoms with Gasteiger partial charge in [-0.2, -0.15) is 5.26 Å². The van der Waals surface area contributed by atoms with Gasteiger partial charge in [0.2, 0.25) is 5.91 Å². The number of benzene rings is 1. The quantitative estimate of drug-likeness (QED) is 0.821. The molecule has 4 heteroatoms. The minimum absolute atomic E-state index is 0.239. The highest BCUT2D eigenvalue weighted by Gasteiger charge is 2.13. The lowest BCUT2D eigenvalue weighted by Crippen LogP contribution is -2.32. The average molecular weight is 217 g/mol. The zero-order chi connectivity index (χ0) is 12.1. The Labute approximate surface area is 95.3 Å². The van der Waals surface area contributed by atoms with Crippen molar-refractivity contribution in [1.82, 2.24) is 0 Å². The number of hydrogen-bond acceptors (Lipinski definition) is 3. The molecule has 0 spiro atoms. The molecule has 0 saturated carbocycles. The third-order valence-electron chi connectivity index (χ3n) is 2.47. The van der Waals surface area contributed by atoms with Crippen LogP contribution in [0, 0.1) is 17.2 Å². The van der Waals surface area contributed by atoms with E-state index in [-0.39, 0.29) is 11.8 Å². The van der Waals surface area contributed by atoms with Crippen LogP contribution >= 0.6 is 0 Å². The molecule has 1 rings (SSSR count). The normalized spacial score (nSPS) is 11.6. The predicted octanol–water partition coefficient (Wildman–Crippen LogP) is 1.12. The third kappa shape index (κ3) is 2.74. The number of rotatable bonds is 4. The molecular formula is C12H15N3O. The van der Waals surface area contributed by atoms with E-state index in [2.05, 4.69) is 6.07 Å². The lowest BCUT2D eigenvalue weighted by atomic mass is 10.1. The van der Waals surface area contributed by atoms with Gasteiger partial charge in [-0.15, -0.1) is 0 Å². The average Bonchev–Trinajstić information content (AvgIpc) is 2.28. The van der Waals surface area contributed by atoms with Gasteiger partial charge in [0.25, 0.3) is 0 Å². The van der Waals surface area contributed by atoms with Crippen molar-refractivity contribution in [2.24, 2.45) is 11.7 Å². The number of anilines is 1. The molecule has 1 aromatic rings. The van der Waals surface area contributed by atoms with Crippen LogP contribution in [0.3, 0.4) is 0 Å². The molecule has 1 aromatic carbocycles. The molecule has 0 aliphatic heterocycles. The number of nitriles is 1. The first-order chi connectivity index (χ1) is 7.56. The second-order valence-electron chi connectivity index (χ2n) is 3.81. The summed E-state index contributed by atoms with van der Waals surface area (Å²) in [4.78, 5) is 12.8. The summed E-state index contributed by atoms with van der Waals surface area (Å²) in [6.45, 7) is 2.28. The Hall–Kier alpha value is -2.02. The summed E-state index contributed by atoms with van der Waals surface area (Å²) in [6, 6.07) is 9.40. The molecule has 0 saturated heterocycles. The molecule has 0 aliphatic carbocycles. The molecule has 0 bridgehead atoms. The summed E-state index contributed by atoms with van der Waals surface area (Å²) in [5.41, 5.74) is 6.62. The summed E-state index contributed by atoms with van der Waals surface area (Å²) in [5, 5.41) is 8.94. The summed E-state index contributed by atoms with van der Waals surface area (Å²) in [5.74, 6) is -0.571. The number of para-hydroxylation sites is 1. The molecule has 0 fully saturated rings. The number of amides is 1. The number of carbonyl (C=O) groups is 1. The van der Waals surface area contributed by atoms with Gasteiger partial charge in [0.15, 0.2) is 0 Å². The Bertz CT molecular complexity index is 423. The Morgan fingerprint density at radius 1 is 1.56 bits per heavy atom. The fraction of sp³-hybridized carbons (Fsp3) is 0.333. The maximum Gasteiger partial charge on any atom is 0.222 e. The molecule has 2 N–H and O–H groups in total. The van der Waals surface area contributed by atoms with Gasteiger partial charge in [0.1, 0.15) is 6.07 Å². The molecular weight excluding hydrogens is 202 g/mol. The van der Waals surface area contributed by atoms with Gasteiger partial charge in [0.05, 0.1) is 17.2 Å². The molecule has 1 unspecified atom stereocenters. The van der Waals surface area contributed by atoms with Crippen molar-refractivity contribution in [3.8, 4) is 6.07 Å². The van der Waals surface area contributed by atoms with Crippen LogP contribution in [0.1, 0.15) is 12.5 Å². The highest BCUT2D eigenvalue weighted by atomic mass is 16.1. The monoisotopic (exact) mass is 217 g/mol. The zero-order valence-corrected chi connectivity index (χ0v) is 9.47. The van der Waals surface area contributed by atoms with Crippen LogP contribution in [0.5, 0.6) is 0 Å². The lowest BCUT2D eigenvalue weighted by Gasteiger charge is -2.22. The standard InChI is InChI=1S/C12H15N3O/c1-9(12(14)16)8-15(2)11-6-4-3-5-10(11)7-13/h3-6,9H,8H2,1-2H3,(H2,14,16). The predicted molar refractivity (Wildman–Crippen MR) is 62.8 cm³/mol. The van der Waals surface area contributed by atoms with Crippen LogP contribution in [-0.4, -0.2) is 19.5 Å². The number of hydrogen-bond donors (Lipinski definition) is 1. The van der Waals surface area contributed by atoms with Gasteiger partial charge in [-0.3, -0.25) is 4.79 Å². The Morgan fingerprint density at radius 2 is 2.19 bits per heavy atom. The van der Waals surface area contributed by atoms with Gasteiger partial charge >= 0.3 is 0 Å². The van der Waals surface area contributed by atoms with Gasteiger partial charge in [-0.1, -0.05) is 19.1 Å². The number of nitrogens with two attached hydrogens (primary N) is 1. The Kier molecular flexibility index (Phi) is 3.90. The van der Waals surface area contributed by atoms with E-state index in [1.165, 1.54) is 0 Å². The van der Waals surface area contributed by atoms with Crippen LogP contribution in [0.25, 0.3) is 0 Å². The van der Waals surface area contributed by atoms with Crippen molar-refractivity contribution in [3.63, 3.8) is 0 Å². The summed E-state index contributed by atoms with van der Waals surface area (Å²) in [7, 11) is 1.84. The fourth-order valence-corrected chi connectivity index (χ4v) is 1.50. The molecule has 0 radical (unpaired) electrons. The maximum absolute atomic E-state index is 11.0. The van der Waals surface area contributed by atoms with Crippen molar-refractivity contribution in [2.75, 3.05) is 18.5 Å². The van der Waals surface area contributed by atoms with E-state index in [4.69, 9.17) is 11.0 Å². The van der Waals surface area contributed by atoms with E-state index in [9.17, 15) is 4.79 Å². The summed E-state index contributed by atoms with van der Waals surface area (Å²) in [6.07, 6.45) is 0. The van der Waals surface area contributed by atoms with Crippen LogP contribution in [0.4, 0.5) is 5.69 Å². The summed E-state index contributed by atoms with van der Waals surface area (Å²) < 4.78 is 0. The van der Waals surface area contributed by atoms with E-state index in [0.717, 1.165) is 5.69 Å². The van der Waals surface area contributed by atoms with Crippen LogP contribution in [-0.2, 0) is 4.79 Å². The molecule has 4 nitrogen and oxygen atoms in total. The summed E-state index contributed by atoms with van der Waals surface area (Å²) >= 11 is 0. The minimum atomic E-state index is -0.332. The van der Waals surface area contributed by atoms with Crippen molar-refractivity contribution in [3.05, 3.63) is 29.8 Å². The maximum atomic E-state index is 11.0. The highest BCUT2D eigenvalue weighted by molar-refractivity contribution is 5.77. The topological polar surface area (TPSA) is 70.1 Å². The van der Waals surface area contributed by atoms with Crippen molar-refractivity contribution in [2.45, 2.75) is 6.92 Å². The zero-order valence-electron chi connectivity index (χ0n) is 9.47. The van der Waals surface area contributed by atoms with E-state index >= 15 is 0 Å². The van der Waals surface area contributed by atoms with Crippen molar-refractivity contribution in [1.29, 1.82) is 5.26 Å². The van der Waals surface area contributed by atoms with Crippen LogP contribution < -0.4 is 10.6 Å². The second kappa shape index (κ2) is 5.17. The van der Waals surface area contributed by atoms with E-state index in [1.54, 1.807) is 13.0 Å². The van der Waals surface area contributed by atoms with Crippen LogP contribution in [0.15, 0.2) is 24.3 Å². The largest absolute Gasteiger partial charge is 0.373 e. The first-order valence-electron chi connectivity index (χ1n) is 5.06. The van der Waals surface area contributed by atoms with E-state index in [0.29, 0.717) is 12.1 Å². The van der Waals surface area contributed by atoms with E-state index in [1.807, 2.05) is 30.1 Å². The van der Waals surface area contributed by atoms with Crippen molar-refractivity contribution < 1.29 is 4.79 Å². The fourth-order valence-electron chi connectivity index (χ4n) is 1.50. The Balaban J connectivity index is 2.85. The molecule has 84 valence electrons. The SMILES string of the molecule is CC(CN(C)c1ccccc1C#N)C(N)=O. The molecule has 0 heterocycles. The van der Waals surface area contributed by atoms with Crippen molar-refractivity contribution >= 4 is 11.6 Å². The molecule has 1 amide bonds. The van der Waals surface area contributed by atoms with Gasteiger partial charge < -0.3 is 10.6 Å². The lowest BCUT2D eigenvalue weighted by molar-refractivity contribution is -0.121. The molecule has 16 heavy (non-hydrogen) atoms. The van der Waals surface area contributed by atoms with E-state index < -0.39 is 0 Å². The highest BCUT2D eigenvalue weighted by Crippen LogP contribution is 2.18. The van der Waals surface area contributed by atoms with Gasteiger partial charge in [-0.05, 0) is 12.1 Å². The number of carbonyl (C=O) groups excluding carboxylic acids is 1. The molecule has 0 aromatic heterocycles. The van der Waals surface area contributed by atoms with Crippen LogP contribution in [0.2, 0.25) is 0 Å². The molecule has 0 aliphatic rings. The van der Waals surface area contributed by atoms with Gasteiger partial charge in [-0.25, -0.2) is 0 Å². The second-order valence-corrected chi connectivity index (χ2v) is 3.81. The molecule has 1 atom stereocenters. The third-order valence-corrected chi connectivity index (χ3v) is 2.47. The Morgan fingerprint density at radius 3 is 2.75 bits per heavy atom. The minimum Gasteiger partial charge on any atom is -0.373 e. The first kappa shape index (κ1) is 12.1. The smallest absolute Gasteiger partial charge is 0.222 e.